The van der Waals surface area contributed by atoms with E-state index in [0.29, 0.717) is 0 Å². The molecule has 0 aliphatic heterocycles. The van der Waals surface area contributed by atoms with Crippen LogP contribution in [0.15, 0.2) is 24.3 Å². The average Bonchev–Trinajstić information content (AvgIpc) is 2.34. The Labute approximate surface area is 117 Å². The number of carbonyl (C=O) groups excluding carboxylic acids is 1. The van der Waals surface area contributed by atoms with Gasteiger partial charge in [0.15, 0.2) is 0 Å². The zero-order chi connectivity index (χ0) is 15.3. The molecule has 0 fully saturated rings. The fourth-order valence-corrected chi connectivity index (χ4v) is 2.12. The predicted molar refractivity (Wildman–Crippen MR) is 74.1 cm³/mol. The summed E-state index contributed by atoms with van der Waals surface area (Å²) in [5.74, 6) is -1.79. The lowest BCUT2D eigenvalue weighted by atomic mass is 10.1. The van der Waals surface area contributed by atoms with Crippen LogP contribution < -0.4 is 10.0 Å². The van der Waals surface area contributed by atoms with Crippen LogP contribution in [0, 0.1) is 0 Å². The molecular weight excluding hydrogens is 284 g/mol. The molecule has 0 aliphatic rings. The monoisotopic (exact) mass is 300 g/mol. The molecule has 0 bridgehead atoms. The minimum Gasteiger partial charge on any atom is -0.480 e. The Bertz CT molecular complexity index is 612. The number of hydrogen-bond acceptors (Lipinski definition) is 4. The molecular formula is C12H16N2O5S. The molecule has 110 valence electrons. The molecule has 3 N–H and O–H groups in total. The topological polar surface area (TPSA) is 113 Å². The Kier molecular flexibility index (Phi) is 5.09. The normalized spacial score (nSPS) is 12.5. The van der Waals surface area contributed by atoms with E-state index in [0.717, 1.165) is 6.26 Å². The van der Waals surface area contributed by atoms with E-state index in [9.17, 15) is 18.0 Å². The first kappa shape index (κ1) is 16.0. The highest BCUT2D eigenvalue weighted by Gasteiger charge is 2.20. The molecule has 8 heteroatoms. The van der Waals surface area contributed by atoms with Gasteiger partial charge in [-0.05, 0) is 18.6 Å². The van der Waals surface area contributed by atoms with Crippen molar-refractivity contribution < 1.29 is 23.1 Å². The summed E-state index contributed by atoms with van der Waals surface area (Å²) in [4.78, 5) is 22.9. The van der Waals surface area contributed by atoms with E-state index in [1.807, 2.05) is 0 Å². The van der Waals surface area contributed by atoms with E-state index in [2.05, 4.69) is 10.0 Å². The van der Waals surface area contributed by atoms with Gasteiger partial charge in [-0.25, -0.2) is 13.2 Å². The Balaban J connectivity index is 3.01. The standard InChI is InChI=1S/C12H16N2O5S/c1-3-9(12(16)17)13-11(15)8-6-4-5-7-10(8)14-20(2,18)19/h4-7,9,14H,3H2,1-2H3,(H,13,15)(H,16,17). The van der Waals surface area contributed by atoms with Crippen LogP contribution in [-0.2, 0) is 14.8 Å². The number of rotatable bonds is 6. The van der Waals surface area contributed by atoms with Gasteiger partial charge in [0, 0.05) is 0 Å². The van der Waals surface area contributed by atoms with Gasteiger partial charge in [-0.2, -0.15) is 0 Å². The van der Waals surface area contributed by atoms with Crippen molar-refractivity contribution in [1.29, 1.82) is 0 Å². The number of amides is 1. The van der Waals surface area contributed by atoms with Crippen molar-refractivity contribution in [3.63, 3.8) is 0 Å². The highest BCUT2D eigenvalue weighted by Crippen LogP contribution is 2.16. The van der Waals surface area contributed by atoms with Crippen LogP contribution in [0.4, 0.5) is 5.69 Å². The Morgan fingerprint density at radius 3 is 2.40 bits per heavy atom. The van der Waals surface area contributed by atoms with E-state index in [-0.39, 0.29) is 17.7 Å². The minimum absolute atomic E-state index is 0.0672. The predicted octanol–water partition coefficient (Wildman–Crippen LogP) is 0.651. The molecule has 0 aliphatic carbocycles. The molecule has 1 unspecified atom stereocenters. The first-order chi connectivity index (χ1) is 9.24. The fourth-order valence-electron chi connectivity index (χ4n) is 1.54. The van der Waals surface area contributed by atoms with E-state index < -0.39 is 27.9 Å². The van der Waals surface area contributed by atoms with Crippen molar-refractivity contribution in [2.24, 2.45) is 0 Å². The maximum absolute atomic E-state index is 12.0. The van der Waals surface area contributed by atoms with Crippen LogP contribution in [0.5, 0.6) is 0 Å². The smallest absolute Gasteiger partial charge is 0.326 e. The summed E-state index contributed by atoms with van der Waals surface area (Å²) in [5, 5.41) is 11.2. The number of para-hydroxylation sites is 1. The number of anilines is 1. The largest absolute Gasteiger partial charge is 0.480 e. The van der Waals surface area contributed by atoms with E-state index in [1.54, 1.807) is 19.1 Å². The van der Waals surface area contributed by atoms with Crippen LogP contribution in [0.3, 0.4) is 0 Å². The van der Waals surface area contributed by atoms with Crippen molar-refractivity contribution in [2.45, 2.75) is 19.4 Å². The van der Waals surface area contributed by atoms with Gasteiger partial charge in [0.2, 0.25) is 10.0 Å². The summed E-state index contributed by atoms with van der Waals surface area (Å²) >= 11 is 0. The van der Waals surface area contributed by atoms with Crippen LogP contribution in [0.1, 0.15) is 23.7 Å². The van der Waals surface area contributed by atoms with Crippen LogP contribution in [0.25, 0.3) is 0 Å². The molecule has 1 aromatic rings. The van der Waals surface area contributed by atoms with Crippen molar-refractivity contribution in [1.82, 2.24) is 5.32 Å². The number of benzene rings is 1. The zero-order valence-electron chi connectivity index (χ0n) is 11.1. The summed E-state index contributed by atoms with van der Waals surface area (Å²) in [7, 11) is -3.53. The third-order valence-electron chi connectivity index (χ3n) is 2.48. The summed E-state index contributed by atoms with van der Waals surface area (Å²) in [6.07, 6.45) is 1.19. The number of sulfonamides is 1. The maximum atomic E-state index is 12.0. The van der Waals surface area contributed by atoms with Crippen LogP contribution >= 0.6 is 0 Å². The molecule has 1 rings (SSSR count). The molecule has 0 radical (unpaired) electrons. The molecule has 7 nitrogen and oxygen atoms in total. The number of carboxylic acid groups (broad SMARTS) is 1. The summed E-state index contributed by atoms with van der Waals surface area (Å²) in [5.41, 5.74) is 0.172. The fraction of sp³-hybridized carbons (Fsp3) is 0.333. The zero-order valence-corrected chi connectivity index (χ0v) is 11.9. The Hall–Kier alpha value is -2.09. The lowest BCUT2D eigenvalue weighted by molar-refractivity contribution is -0.139. The summed E-state index contributed by atoms with van der Waals surface area (Å²) in [6.45, 7) is 1.62. The number of hydrogen-bond donors (Lipinski definition) is 3. The molecule has 20 heavy (non-hydrogen) atoms. The highest BCUT2D eigenvalue weighted by atomic mass is 32.2. The molecule has 1 amide bonds. The number of nitrogens with one attached hydrogen (secondary N) is 2. The second-order valence-corrected chi connectivity index (χ2v) is 5.94. The van der Waals surface area contributed by atoms with Gasteiger partial charge in [-0.15, -0.1) is 0 Å². The quantitative estimate of drug-likeness (QED) is 0.714. The van der Waals surface area contributed by atoms with Crippen LogP contribution in [0.2, 0.25) is 0 Å². The number of carbonyl (C=O) groups is 2. The molecule has 1 atom stereocenters. The second kappa shape index (κ2) is 6.38. The second-order valence-electron chi connectivity index (χ2n) is 4.19. The SMILES string of the molecule is CCC(NC(=O)c1ccccc1NS(C)(=O)=O)C(=O)O. The molecule has 0 heterocycles. The third kappa shape index (κ3) is 4.54. The lowest BCUT2D eigenvalue weighted by Gasteiger charge is -2.14. The van der Waals surface area contributed by atoms with Crippen molar-refractivity contribution in [3.8, 4) is 0 Å². The van der Waals surface area contributed by atoms with Crippen molar-refractivity contribution in [2.75, 3.05) is 11.0 Å². The first-order valence-electron chi connectivity index (χ1n) is 5.85. The number of aliphatic carboxylic acids is 1. The Morgan fingerprint density at radius 2 is 1.90 bits per heavy atom. The van der Waals surface area contributed by atoms with Crippen LogP contribution in [-0.4, -0.2) is 37.7 Å². The van der Waals surface area contributed by atoms with Crippen molar-refractivity contribution >= 4 is 27.6 Å². The molecule has 1 aromatic carbocycles. The third-order valence-corrected chi connectivity index (χ3v) is 3.07. The average molecular weight is 300 g/mol. The van der Waals surface area contributed by atoms with Gasteiger partial charge >= 0.3 is 5.97 Å². The van der Waals surface area contributed by atoms with E-state index >= 15 is 0 Å². The van der Waals surface area contributed by atoms with E-state index in [4.69, 9.17) is 5.11 Å². The summed E-state index contributed by atoms with van der Waals surface area (Å²) in [6, 6.07) is 4.95. The molecule has 0 spiro atoms. The van der Waals surface area contributed by atoms with E-state index in [1.165, 1.54) is 12.1 Å². The number of carboxylic acids is 1. The highest BCUT2D eigenvalue weighted by molar-refractivity contribution is 7.92. The molecule has 0 aromatic heterocycles. The van der Waals surface area contributed by atoms with Gasteiger partial charge in [-0.1, -0.05) is 19.1 Å². The van der Waals surface area contributed by atoms with Gasteiger partial charge in [0.25, 0.3) is 5.91 Å². The Morgan fingerprint density at radius 1 is 1.30 bits per heavy atom. The lowest BCUT2D eigenvalue weighted by Crippen LogP contribution is -2.40. The molecule has 0 saturated heterocycles. The maximum Gasteiger partial charge on any atom is 0.326 e. The van der Waals surface area contributed by atoms with Gasteiger partial charge in [-0.3, -0.25) is 9.52 Å². The first-order valence-corrected chi connectivity index (χ1v) is 7.74. The summed E-state index contributed by atoms with van der Waals surface area (Å²) < 4.78 is 24.7. The van der Waals surface area contributed by atoms with Gasteiger partial charge < -0.3 is 10.4 Å². The van der Waals surface area contributed by atoms with Gasteiger partial charge in [0.1, 0.15) is 6.04 Å². The minimum atomic E-state index is -3.53. The molecule has 0 saturated carbocycles. The van der Waals surface area contributed by atoms with Crippen molar-refractivity contribution in [3.05, 3.63) is 29.8 Å². The van der Waals surface area contributed by atoms with Gasteiger partial charge in [0.05, 0.1) is 17.5 Å².